The molecule has 1 saturated heterocycles. The van der Waals surface area contributed by atoms with E-state index < -0.39 is 30.7 Å². The molecule has 0 saturated carbocycles. The van der Waals surface area contributed by atoms with Crippen molar-refractivity contribution in [2.75, 3.05) is 26.8 Å². The van der Waals surface area contributed by atoms with Crippen LogP contribution in [-0.4, -0.2) is 96.2 Å². The minimum Gasteiger partial charge on any atom is -0.486 e. The molecule has 1 aliphatic rings. The molecule has 2 unspecified atom stereocenters. The summed E-state index contributed by atoms with van der Waals surface area (Å²) in [4.78, 5) is 48.4. The molecule has 264 valence electrons. The minimum atomic E-state index is -1.38. The van der Waals surface area contributed by atoms with E-state index in [0.29, 0.717) is 43.5 Å². The average molecular weight is 671 g/mol. The molecule has 0 spiro atoms. The third kappa shape index (κ3) is 13.1. The lowest BCUT2D eigenvalue weighted by atomic mass is 9.98. The van der Waals surface area contributed by atoms with Crippen molar-refractivity contribution in [3.63, 3.8) is 0 Å². The average Bonchev–Trinajstić information content (AvgIpc) is 3.10. The Morgan fingerprint density at radius 1 is 0.771 bits per heavy atom. The van der Waals surface area contributed by atoms with Crippen LogP contribution in [0.5, 0.6) is 5.75 Å². The van der Waals surface area contributed by atoms with Gasteiger partial charge in [-0.2, -0.15) is 0 Å². The molecule has 1 heterocycles. The fourth-order valence-electron chi connectivity index (χ4n) is 5.23. The summed E-state index contributed by atoms with van der Waals surface area (Å²) in [6, 6.07) is 14.9. The van der Waals surface area contributed by atoms with Crippen molar-refractivity contribution < 1.29 is 48.7 Å². The van der Waals surface area contributed by atoms with E-state index in [1.807, 2.05) is 36.4 Å². The summed E-state index contributed by atoms with van der Waals surface area (Å²) in [5.74, 6) is 0.402. The van der Waals surface area contributed by atoms with Gasteiger partial charge in [-0.15, -0.1) is 0 Å². The quantitative estimate of drug-likeness (QED) is 0.0979. The second-order valence-corrected chi connectivity index (χ2v) is 12.1. The van der Waals surface area contributed by atoms with Gasteiger partial charge in [0.25, 0.3) is 0 Å². The fourth-order valence-corrected chi connectivity index (χ4v) is 5.23. The number of aliphatic hydroxyl groups excluding tert-OH is 3. The number of ketones is 2. The Bertz CT molecular complexity index is 1320. The smallest absolute Gasteiger partial charge is 0.220 e. The summed E-state index contributed by atoms with van der Waals surface area (Å²) in [5, 5.41) is 34.9. The van der Waals surface area contributed by atoms with Gasteiger partial charge in [-0.05, 0) is 61.9 Å². The lowest BCUT2D eigenvalue weighted by Crippen LogP contribution is -2.57. The summed E-state index contributed by atoms with van der Waals surface area (Å²) < 4.78 is 16.4. The monoisotopic (exact) mass is 670 g/mol. The van der Waals surface area contributed by atoms with Crippen LogP contribution in [0.3, 0.4) is 0 Å². The third-order valence-electron chi connectivity index (χ3n) is 8.20. The van der Waals surface area contributed by atoms with Crippen molar-refractivity contribution in [3.8, 4) is 16.9 Å². The molecular weight excluding hydrogens is 620 g/mol. The summed E-state index contributed by atoms with van der Waals surface area (Å²) in [5.41, 5.74) is 2.50. The van der Waals surface area contributed by atoms with E-state index in [0.717, 1.165) is 36.8 Å². The van der Waals surface area contributed by atoms with Crippen molar-refractivity contribution in [2.24, 2.45) is 0 Å². The Morgan fingerprint density at radius 3 is 2.21 bits per heavy atom. The van der Waals surface area contributed by atoms with Crippen LogP contribution in [0.2, 0.25) is 0 Å². The number of hydrogen-bond donors (Lipinski definition) is 5. The van der Waals surface area contributed by atoms with Gasteiger partial charge in [-0.3, -0.25) is 19.2 Å². The number of ether oxygens (including phenoxy) is 3. The molecule has 3 rings (SSSR count). The molecule has 0 bridgehead atoms. The van der Waals surface area contributed by atoms with Crippen molar-refractivity contribution >= 4 is 23.4 Å². The van der Waals surface area contributed by atoms with Gasteiger partial charge >= 0.3 is 0 Å². The zero-order valence-corrected chi connectivity index (χ0v) is 27.9. The van der Waals surface area contributed by atoms with Gasteiger partial charge in [0.15, 0.2) is 17.9 Å². The van der Waals surface area contributed by atoms with Crippen LogP contribution in [0.1, 0.15) is 81.5 Å². The van der Waals surface area contributed by atoms with Crippen molar-refractivity contribution in [1.29, 1.82) is 0 Å². The molecule has 12 heteroatoms. The number of aliphatic hydroxyl groups is 3. The maximum atomic E-state index is 12.7. The molecule has 0 aliphatic carbocycles. The summed E-state index contributed by atoms with van der Waals surface area (Å²) >= 11 is 0. The van der Waals surface area contributed by atoms with E-state index in [2.05, 4.69) is 10.6 Å². The van der Waals surface area contributed by atoms with Gasteiger partial charge in [0, 0.05) is 44.8 Å². The first-order valence-corrected chi connectivity index (χ1v) is 16.8. The lowest BCUT2D eigenvalue weighted by Gasteiger charge is -2.38. The molecule has 0 aromatic heterocycles. The second kappa shape index (κ2) is 20.6. The molecule has 48 heavy (non-hydrogen) atoms. The zero-order chi connectivity index (χ0) is 34.9. The lowest BCUT2D eigenvalue weighted by molar-refractivity contribution is -0.293. The highest BCUT2D eigenvalue weighted by Crippen LogP contribution is 2.25. The Hall–Kier alpha value is -3.68. The molecule has 0 radical (unpaired) electrons. The van der Waals surface area contributed by atoms with Crippen molar-refractivity contribution in [3.05, 3.63) is 54.1 Å². The third-order valence-corrected chi connectivity index (χ3v) is 8.20. The normalized spacial score (nSPS) is 20.6. The highest BCUT2D eigenvalue weighted by atomic mass is 16.7. The largest absolute Gasteiger partial charge is 0.486 e. The minimum absolute atomic E-state index is 0.0414. The summed E-state index contributed by atoms with van der Waals surface area (Å²) in [7, 11) is 1.63. The predicted octanol–water partition coefficient (Wildman–Crippen LogP) is 3.09. The molecule has 5 N–H and O–H groups in total. The molecule has 5 atom stereocenters. The van der Waals surface area contributed by atoms with Crippen LogP contribution in [0, 0.1) is 0 Å². The van der Waals surface area contributed by atoms with E-state index in [9.17, 15) is 34.5 Å². The highest BCUT2D eigenvalue weighted by molar-refractivity contribution is 5.97. The van der Waals surface area contributed by atoms with Gasteiger partial charge in [0.2, 0.25) is 11.8 Å². The number of carbonyl (C=O) groups is 4. The number of rotatable bonds is 21. The van der Waals surface area contributed by atoms with E-state index in [-0.39, 0.29) is 49.4 Å². The topological polar surface area (TPSA) is 181 Å². The maximum Gasteiger partial charge on any atom is 0.220 e. The Labute approximate surface area is 282 Å². The number of amides is 2. The fraction of sp³-hybridized carbons (Fsp3) is 0.556. The van der Waals surface area contributed by atoms with Gasteiger partial charge in [0.1, 0.15) is 30.7 Å². The molecule has 1 fully saturated rings. The number of nitrogens with one attached hydrogen (secondary N) is 2. The Balaban J connectivity index is 1.27. The number of Topliss-reactive ketones (excluding diaryl/α,β-unsaturated/α-hetero) is 2. The van der Waals surface area contributed by atoms with Gasteiger partial charge in [0.05, 0.1) is 12.7 Å². The van der Waals surface area contributed by atoms with Gasteiger partial charge in [-0.25, -0.2) is 0 Å². The van der Waals surface area contributed by atoms with E-state index >= 15 is 0 Å². The number of carbonyl (C=O) groups excluding carboxylic acids is 4. The van der Waals surface area contributed by atoms with Crippen LogP contribution in [0.25, 0.3) is 11.1 Å². The molecular formula is C36H50N2O10. The van der Waals surface area contributed by atoms with Crippen LogP contribution in [-0.2, 0) is 23.9 Å². The molecule has 2 amide bonds. The van der Waals surface area contributed by atoms with Crippen LogP contribution in [0.4, 0.5) is 0 Å². The van der Waals surface area contributed by atoms with Crippen molar-refractivity contribution in [2.45, 2.75) is 102 Å². The van der Waals surface area contributed by atoms with Gasteiger partial charge < -0.3 is 40.2 Å². The predicted molar refractivity (Wildman–Crippen MR) is 178 cm³/mol. The first-order valence-electron chi connectivity index (χ1n) is 16.8. The summed E-state index contributed by atoms with van der Waals surface area (Å²) in [6.07, 6.45) is -0.0441. The SMILES string of the molecule is CNC(=O)CCCCCCC(=O)c1cccc(-c2ccc(OCC(=O)CCCNC(=O)CCCOC3O[C@@H](C)[C@H](O)C(O)[C@@H]3O)cc2)c1. The Kier molecular flexibility index (Phi) is 16.7. The van der Waals surface area contributed by atoms with E-state index in [4.69, 9.17) is 14.2 Å². The first kappa shape index (κ1) is 38.8. The standard InChI is InChI=1S/C36H50N2O10/c1-24-33(43)34(44)35(45)36(48-24)46-21-9-15-32(42)38-20-8-12-28(39)23-47-29-18-16-25(17-19-29)26-10-7-11-27(22-26)30(40)13-5-3-4-6-14-31(41)37-2/h7,10-11,16-19,22,24,33-36,43-45H,3-6,8-9,12-15,20-21,23H2,1-2H3,(H,37,41)(H,38,42)/t24-,33-,34?,35-,36?/m0/s1. The summed E-state index contributed by atoms with van der Waals surface area (Å²) in [6.45, 7) is 1.94. The zero-order valence-electron chi connectivity index (χ0n) is 27.9. The number of benzene rings is 2. The number of unbranched alkanes of at least 4 members (excludes halogenated alkanes) is 3. The molecule has 1 aliphatic heterocycles. The number of hydrogen-bond acceptors (Lipinski definition) is 10. The first-order chi connectivity index (χ1) is 23.1. The highest BCUT2D eigenvalue weighted by Gasteiger charge is 2.42. The van der Waals surface area contributed by atoms with Crippen LogP contribution < -0.4 is 15.4 Å². The van der Waals surface area contributed by atoms with Crippen molar-refractivity contribution in [1.82, 2.24) is 10.6 Å². The van der Waals surface area contributed by atoms with Gasteiger partial charge in [-0.1, -0.05) is 43.2 Å². The molecule has 2 aromatic rings. The van der Waals surface area contributed by atoms with Crippen LogP contribution in [0.15, 0.2) is 48.5 Å². The maximum absolute atomic E-state index is 12.7. The molecule has 12 nitrogen and oxygen atoms in total. The van der Waals surface area contributed by atoms with E-state index in [1.54, 1.807) is 26.1 Å². The van der Waals surface area contributed by atoms with Crippen LogP contribution >= 0.6 is 0 Å². The second-order valence-electron chi connectivity index (χ2n) is 12.1. The molecule has 2 aromatic carbocycles. The Morgan fingerprint density at radius 2 is 1.48 bits per heavy atom. The van der Waals surface area contributed by atoms with E-state index in [1.165, 1.54) is 0 Å².